The third-order valence-corrected chi connectivity index (χ3v) is 4.77. The molecule has 0 saturated carbocycles. The van der Waals surface area contributed by atoms with E-state index in [9.17, 15) is 13.2 Å². The fraction of sp³-hybridized carbons (Fsp3) is 0.0909. The molecular formula is C11H4BrCl2F3S. The molecule has 0 nitrogen and oxygen atoms in total. The summed E-state index contributed by atoms with van der Waals surface area (Å²) in [5.41, 5.74) is 0.474. The molecule has 7 heteroatoms. The van der Waals surface area contributed by atoms with Crippen LogP contribution >= 0.6 is 50.5 Å². The first-order valence-electron chi connectivity index (χ1n) is 4.63. The molecule has 0 aliphatic carbocycles. The van der Waals surface area contributed by atoms with Gasteiger partial charge in [0.15, 0.2) is 11.6 Å². The molecule has 2 aromatic rings. The summed E-state index contributed by atoms with van der Waals surface area (Å²) in [5.74, 6) is -3.20. The Labute approximate surface area is 123 Å². The van der Waals surface area contributed by atoms with Crippen LogP contribution in [0.4, 0.5) is 13.2 Å². The van der Waals surface area contributed by atoms with Gasteiger partial charge < -0.3 is 0 Å². The van der Waals surface area contributed by atoms with E-state index in [1.165, 1.54) is 0 Å². The summed E-state index contributed by atoms with van der Waals surface area (Å²) < 4.78 is 40.4. The predicted octanol–water partition coefficient (Wildman–Crippen LogP) is 5.96. The highest BCUT2D eigenvalue weighted by Crippen LogP contribution is 2.42. The largest absolute Gasteiger partial charge is 0.207 e. The summed E-state index contributed by atoms with van der Waals surface area (Å²) in [4.78, 5) is -0.691. The second-order valence-corrected chi connectivity index (χ2v) is 6.63. The minimum absolute atomic E-state index is 0.0368. The van der Waals surface area contributed by atoms with E-state index in [1.807, 2.05) is 0 Å². The Kier molecular flexibility index (Phi) is 4.26. The standard InChI is InChI=1S/C11H4BrCl2F3S/c12-10(5-2-9(13)18-11(5)14)4-1-7(16)8(17)3-6(4)15/h1-3,10H. The maximum absolute atomic E-state index is 13.6. The monoisotopic (exact) mass is 374 g/mol. The van der Waals surface area contributed by atoms with Gasteiger partial charge in [0.05, 0.1) is 13.5 Å². The summed E-state index contributed by atoms with van der Waals surface area (Å²) in [6.07, 6.45) is 0. The Morgan fingerprint density at radius 1 is 0.944 bits per heavy atom. The van der Waals surface area contributed by atoms with Crippen LogP contribution in [0.2, 0.25) is 8.67 Å². The molecule has 18 heavy (non-hydrogen) atoms. The maximum Gasteiger partial charge on any atom is 0.161 e. The van der Waals surface area contributed by atoms with E-state index >= 15 is 0 Å². The molecule has 0 amide bonds. The quantitative estimate of drug-likeness (QED) is 0.449. The number of benzene rings is 1. The Morgan fingerprint density at radius 2 is 1.56 bits per heavy atom. The summed E-state index contributed by atoms with van der Waals surface area (Å²) in [6.45, 7) is 0. The normalized spacial score (nSPS) is 12.8. The fourth-order valence-corrected chi connectivity index (χ4v) is 3.95. The van der Waals surface area contributed by atoms with Crippen LogP contribution in [0.15, 0.2) is 18.2 Å². The predicted molar refractivity (Wildman–Crippen MR) is 71.4 cm³/mol. The summed E-state index contributed by atoms with van der Waals surface area (Å²) in [6, 6.07) is 2.85. The molecule has 1 heterocycles. The van der Waals surface area contributed by atoms with Gasteiger partial charge >= 0.3 is 0 Å². The zero-order valence-electron chi connectivity index (χ0n) is 8.49. The van der Waals surface area contributed by atoms with Gasteiger partial charge in [0.2, 0.25) is 0 Å². The number of alkyl halides is 1. The minimum Gasteiger partial charge on any atom is -0.207 e. The zero-order valence-corrected chi connectivity index (χ0v) is 12.4. The summed E-state index contributed by atoms with van der Waals surface area (Å²) >= 11 is 16.0. The van der Waals surface area contributed by atoms with Gasteiger partial charge in [-0.1, -0.05) is 39.1 Å². The number of hydrogen-bond acceptors (Lipinski definition) is 1. The van der Waals surface area contributed by atoms with Gasteiger partial charge in [-0.15, -0.1) is 11.3 Å². The van der Waals surface area contributed by atoms with Crippen molar-refractivity contribution < 1.29 is 13.2 Å². The third kappa shape index (κ3) is 2.69. The van der Waals surface area contributed by atoms with Crippen molar-refractivity contribution in [2.45, 2.75) is 4.83 Å². The smallest absolute Gasteiger partial charge is 0.161 e. The first kappa shape index (κ1) is 14.2. The Bertz CT molecular complexity index is 600. The molecule has 1 aromatic heterocycles. The van der Waals surface area contributed by atoms with Crippen LogP contribution in [0.3, 0.4) is 0 Å². The number of halogens is 6. The molecule has 0 fully saturated rings. The number of hydrogen-bond donors (Lipinski definition) is 0. The van der Waals surface area contributed by atoms with Crippen molar-refractivity contribution in [3.63, 3.8) is 0 Å². The molecule has 0 aliphatic heterocycles. The number of rotatable bonds is 2. The van der Waals surface area contributed by atoms with E-state index in [1.54, 1.807) is 6.07 Å². The second kappa shape index (κ2) is 5.41. The second-order valence-electron chi connectivity index (χ2n) is 3.43. The van der Waals surface area contributed by atoms with E-state index in [0.717, 1.165) is 17.4 Å². The first-order valence-corrected chi connectivity index (χ1v) is 7.12. The van der Waals surface area contributed by atoms with Crippen LogP contribution in [-0.4, -0.2) is 0 Å². The lowest BCUT2D eigenvalue weighted by atomic mass is 10.1. The van der Waals surface area contributed by atoms with Crippen molar-refractivity contribution in [1.29, 1.82) is 0 Å². The van der Waals surface area contributed by atoms with E-state index in [4.69, 9.17) is 23.2 Å². The summed E-state index contributed by atoms with van der Waals surface area (Å²) in [7, 11) is 0. The SMILES string of the molecule is Fc1cc(F)c(C(Br)c2cc(Cl)sc2Cl)cc1F. The zero-order chi connectivity index (χ0) is 13.4. The maximum atomic E-state index is 13.6. The lowest BCUT2D eigenvalue weighted by Gasteiger charge is -2.11. The molecule has 0 saturated heterocycles. The number of thiophene rings is 1. The molecular weight excluding hydrogens is 372 g/mol. The molecule has 96 valence electrons. The van der Waals surface area contributed by atoms with Gasteiger partial charge in [-0.3, -0.25) is 0 Å². The molecule has 1 unspecified atom stereocenters. The fourth-order valence-electron chi connectivity index (χ4n) is 1.43. The van der Waals surface area contributed by atoms with Crippen molar-refractivity contribution in [1.82, 2.24) is 0 Å². The van der Waals surface area contributed by atoms with Crippen molar-refractivity contribution >= 4 is 50.5 Å². The molecule has 2 rings (SSSR count). The van der Waals surface area contributed by atoms with Crippen molar-refractivity contribution in [2.75, 3.05) is 0 Å². The average Bonchev–Trinajstić information content (AvgIpc) is 2.62. The van der Waals surface area contributed by atoms with E-state index in [-0.39, 0.29) is 5.56 Å². The third-order valence-electron chi connectivity index (χ3n) is 2.27. The van der Waals surface area contributed by atoms with Crippen molar-refractivity contribution in [3.05, 3.63) is 55.5 Å². The lowest BCUT2D eigenvalue weighted by molar-refractivity contribution is 0.491. The minimum atomic E-state index is -1.23. The van der Waals surface area contributed by atoms with Gasteiger partial charge in [-0.2, -0.15) is 0 Å². The van der Waals surface area contributed by atoms with Gasteiger partial charge in [0, 0.05) is 17.2 Å². The Hall–Kier alpha value is -0.230. The average molecular weight is 376 g/mol. The molecule has 1 aromatic carbocycles. The highest BCUT2D eigenvalue weighted by molar-refractivity contribution is 9.09. The highest BCUT2D eigenvalue weighted by Gasteiger charge is 2.22. The van der Waals surface area contributed by atoms with Crippen molar-refractivity contribution in [2.24, 2.45) is 0 Å². The van der Waals surface area contributed by atoms with Crippen LogP contribution < -0.4 is 0 Å². The molecule has 1 atom stereocenters. The van der Waals surface area contributed by atoms with Crippen molar-refractivity contribution in [3.8, 4) is 0 Å². The van der Waals surface area contributed by atoms with Crippen LogP contribution in [0.5, 0.6) is 0 Å². The molecule has 0 N–H and O–H groups in total. The van der Waals surface area contributed by atoms with Crippen LogP contribution in [0.25, 0.3) is 0 Å². The van der Waals surface area contributed by atoms with Gasteiger partial charge in [-0.05, 0) is 12.1 Å². The highest BCUT2D eigenvalue weighted by atomic mass is 79.9. The Morgan fingerprint density at radius 3 is 2.11 bits per heavy atom. The molecule has 0 radical (unpaired) electrons. The van der Waals surface area contributed by atoms with Gasteiger partial charge in [0.1, 0.15) is 5.82 Å². The topological polar surface area (TPSA) is 0 Å². The van der Waals surface area contributed by atoms with E-state index in [0.29, 0.717) is 20.3 Å². The van der Waals surface area contributed by atoms with E-state index < -0.39 is 22.3 Å². The van der Waals surface area contributed by atoms with E-state index in [2.05, 4.69) is 15.9 Å². The van der Waals surface area contributed by atoms with Crippen LogP contribution in [-0.2, 0) is 0 Å². The van der Waals surface area contributed by atoms with Crippen LogP contribution in [0.1, 0.15) is 16.0 Å². The Balaban J connectivity index is 2.49. The van der Waals surface area contributed by atoms with Gasteiger partial charge in [0.25, 0.3) is 0 Å². The first-order chi connectivity index (χ1) is 8.40. The van der Waals surface area contributed by atoms with Crippen LogP contribution in [0, 0.1) is 17.5 Å². The molecule has 0 spiro atoms. The molecule has 0 bridgehead atoms. The molecule has 0 aliphatic rings. The summed E-state index contributed by atoms with van der Waals surface area (Å²) in [5, 5.41) is 0. The lowest BCUT2D eigenvalue weighted by Crippen LogP contribution is -1.99. The van der Waals surface area contributed by atoms with Gasteiger partial charge in [-0.25, -0.2) is 13.2 Å².